The Morgan fingerprint density at radius 2 is 2.00 bits per heavy atom. The number of piperazine rings is 1. The van der Waals surface area contributed by atoms with Gasteiger partial charge in [0.1, 0.15) is 6.29 Å². The number of nitrogens with zero attached hydrogens (tertiary/aromatic N) is 1. The fourth-order valence-electron chi connectivity index (χ4n) is 1.16. The molecule has 1 rings (SSSR count). The van der Waals surface area contributed by atoms with Gasteiger partial charge in [0, 0.05) is 32.7 Å². The molecular formula is C8H15ClN2O. The molecule has 12 heavy (non-hydrogen) atoms. The van der Waals surface area contributed by atoms with Gasteiger partial charge >= 0.3 is 0 Å². The van der Waals surface area contributed by atoms with Crippen LogP contribution in [-0.2, 0) is 4.79 Å². The molecule has 0 radical (unpaired) electrons. The highest BCUT2D eigenvalue weighted by molar-refractivity contribution is 5.85. The van der Waals surface area contributed by atoms with E-state index in [2.05, 4.69) is 10.2 Å². The molecule has 0 unspecified atom stereocenters. The summed E-state index contributed by atoms with van der Waals surface area (Å²) in [5, 5.41) is 3.27. The molecule has 1 saturated heterocycles. The lowest BCUT2D eigenvalue weighted by Crippen LogP contribution is -2.43. The average molecular weight is 191 g/mol. The molecule has 1 heterocycles. The van der Waals surface area contributed by atoms with Gasteiger partial charge in [0.05, 0.1) is 0 Å². The first kappa shape index (κ1) is 11.6. The number of carbonyl (C=O) groups excluding carboxylic acids is 1. The normalized spacial score (nSPS) is 19.0. The Morgan fingerprint density at radius 1 is 1.33 bits per heavy atom. The number of aldehydes is 1. The van der Waals surface area contributed by atoms with Crippen molar-refractivity contribution in [3.63, 3.8) is 0 Å². The minimum Gasteiger partial charge on any atom is -0.314 e. The maximum absolute atomic E-state index is 9.93. The Bertz CT molecular complexity index is 144. The smallest absolute Gasteiger partial charge is 0.142 e. The van der Waals surface area contributed by atoms with Gasteiger partial charge in [0.25, 0.3) is 0 Å². The molecule has 4 heteroatoms. The van der Waals surface area contributed by atoms with E-state index in [1.54, 1.807) is 6.08 Å². The van der Waals surface area contributed by atoms with Crippen LogP contribution in [0.1, 0.15) is 0 Å². The summed E-state index contributed by atoms with van der Waals surface area (Å²) in [4.78, 5) is 12.2. The molecule has 1 N–H and O–H groups in total. The first-order valence-corrected chi connectivity index (χ1v) is 3.97. The minimum absolute atomic E-state index is 0. The molecule has 1 fully saturated rings. The maximum atomic E-state index is 9.93. The van der Waals surface area contributed by atoms with Gasteiger partial charge in [0.15, 0.2) is 0 Å². The van der Waals surface area contributed by atoms with E-state index < -0.39 is 0 Å². The van der Waals surface area contributed by atoms with Crippen molar-refractivity contribution in [3.8, 4) is 0 Å². The lowest BCUT2D eigenvalue weighted by molar-refractivity contribution is -0.104. The van der Waals surface area contributed by atoms with Crippen molar-refractivity contribution < 1.29 is 4.79 Å². The highest BCUT2D eigenvalue weighted by Crippen LogP contribution is 1.90. The highest BCUT2D eigenvalue weighted by atomic mass is 35.5. The van der Waals surface area contributed by atoms with Gasteiger partial charge < -0.3 is 5.32 Å². The number of rotatable bonds is 3. The van der Waals surface area contributed by atoms with Gasteiger partial charge in [0.2, 0.25) is 0 Å². The molecule has 0 bridgehead atoms. The van der Waals surface area contributed by atoms with Crippen molar-refractivity contribution in [1.29, 1.82) is 0 Å². The third-order valence-corrected chi connectivity index (χ3v) is 1.79. The van der Waals surface area contributed by atoms with E-state index in [9.17, 15) is 4.79 Å². The lowest BCUT2D eigenvalue weighted by Gasteiger charge is -2.25. The standard InChI is InChI=1S/C8H14N2O.ClH/c11-8-2-1-5-10-6-3-9-4-7-10;/h1-2,8-9H,3-7H2;1H. The van der Waals surface area contributed by atoms with E-state index >= 15 is 0 Å². The first-order chi connectivity index (χ1) is 5.43. The molecule has 0 aromatic carbocycles. The summed E-state index contributed by atoms with van der Waals surface area (Å²) >= 11 is 0. The summed E-state index contributed by atoms with van der Waals surface area (Å²) in [7, 11) is 0. The van der Waals surface area contributed by atoms with Gasteiger partial charge in [-0.25, -0.2) is 0 Å². The molecule has 0 aromatic heterocycles. The fourth-order valence-corrected chi connectivity index (χ4v) is 1.16. The minimum atomic E-state index is 0. The molecule has 1 aliphatic rings. The number of hydrogen-bond donors (Lipinski definition) is 1. The van der Waals surface area contributed by atoms with Gasteiger partial charge in [-0.3, -0.25) is 9.69 Å². The third kappa shape index (κ3) is 4.49. The summed E-state index contributed by atoms with van der Waals surface area (Å²) in [6.45, 7) is 5.21. The van der Waals surface area contributed by atoms with Crippen LogP contribution in [0.15, 0.2) is 12.2 Å². The van der Waals surface area contributed by atoms with Crippen LogP contribution in [-0.4, -0.2) is 43.9 Å². The molecule has 0 aromatic rings. The maximum Gasteiger partial charge on any atom is 0.142 e. The van der Waals surface area contributed by atoms with Crippen molar-refractivity contribution in [2.45, 2.75) is 0 Å². The average Bonchev–Trinajstić information content (AvgIpc) is 2.07. The summed E-state index contributed by atoms with van der Waals surface area (Å²) in [6.07, 6.45) is 4.28. The van der Waals surface area contributed by atoms with Crippen molar-refractivity contribution >= 4 is 18.7 Å². The summed E-state index contributed by atoms with van der Waals surface area (Å²) in [6, 6.07) is 0. The molecular weight excluding hydrogens is 176 g/mol. The predicted molar refractivity (Wildman–Crippen MR) is 51.8 cm³/mol. The molecule has 70 valence electrons. The zero-order valence-corrected chi connectivity index (χ0v) is 7.85. The number of carbonyl (C=O) groups is 1. The number of allylic oxidation sites excluding steroid dienone is 1. The van der Waals surface area contributed by atoms with Crippen LogP contribution in [0.3, 0.4) is 0 Å². The van der Waals surface area contributed by atoms with Gasteiger partial charge in [-0.15, -0.1) is 12.4 Å². The molecule has 0 amide bonds. The number of halogens is 1. The fraction of sp³-hybridized carbons (Fsp3) is 0.625. The number of hydrogen-bond acceptors (Lipinski definition) is 3. The first-order valence-electron chi connectivity index (χ1n) is 3.97. The van der Waals surface area contributed by atoms with Crippen molar-refractivity contribution in [2.75, 3.05) is 32.7 Å². The van der Waals surface area contributed by atoms with E-state index in [0.29, 0.717) is 0 Å². The topological polar surface area (TPSA) is 32.3 Å². The predicted octanol–water partition coefficient (Wildman–Crippen LogP) is 0.0685. The van der Waals surface area contributed by atoms with Crippen LogP contribution in [0.25, 0.3) is 0 Å². The van der Waals surface area contributed by atoms with Gasteiger partial charge in [-0.2, -0.15) is 0 Å². The zero-order chi connectivity index (χ0) is 7.94. The monoisotopic (exact) mass is 190 g/mol. The SMILES string of the molecule is Cl.O=CC=CCN1CCNCC1. The Morgan fingerprint density at radius 3 is 2.58 bits per heavy atom. The Hall–Kier alpha value is -0.380. The van der Waals surface area contributed by atoms with Crippen LogP contribution < -0.4 is 5.32 Å². The molecule has 0 saturated carbocycles. The highest BCUT2D eigenvalue weighted by Gasteiger charge is 2.05. The summed E-state index contributed by atoms with van der Waals surface area (Å²) in [5.74, 6) is 0. The van der Waals surface area contributed by atoms with Gasteiger partial charge in [-0.1, -0.05) is 6.08 Å². The van der Waals surface area contributed by atoms with E-state index in [0.717, 1.165) is 39.0 Å². The van der Waals surface area contributed by atoms with Crippen LogP contribution >= 0.6 is 12.4 Å². The van der Waals surface area contributed by atoms with E-state index in [-0.39, 0.29) is 12.4 Å². The summed E-state index contributed by atoms with van der Waals surface area (Å²) in [5.41, 5.74) is 0. The second kappa shape index (κ2) is 7.28. The molecule has 3 nitrogen and oxygen atoms in total. The van der Waals surface area contributed by atoms with Crippen LogP contribution in [0.4, 0.5) is 0 Å². The molecule has 0 atom stereocenters. The third-order valence-electron chi connectivity index (χ3n) is 1.79. The molecule has 1 aliphatic heterocycles. The van der Waals surface area contributed by atoms with E-state index in [1.807, 2.05) is 6.08 Å². The van der Waals surface area contributed by atoms with Crippen molar-refractivity contribution in [1.82, 2.24) is 10.2 Å². The van der Waals surface area contributed by atoms with Crippen LogP contribution in [0, 0.1) is 0 Å². The quantitative estimate of drug-likeness (QED) is 0.505. The Labute approximate surface area is 79.2 Å². The van der Waals surface area contributed by atoms with Crippen molar-refractivity contribution in [3.05, 3.63) is 12.2 Å². The van der Waals surface area contributed by atoms with Crippen LogP contribution in [0.2, 0.25) is 0 Å². The van der Waals surface area contributed by atoms with E-state index in [1.165, 1.54) is 0 Å². The lowest BCUT2D eigenvalue weighted by atomic mass is 10.3. The van der Waals surface area contributed by atoms with Gasteiger partial charge in [-0.05, 0) is 6.08 Å². The second-order valence-electron chi connectivity index (χ2n) is 2.61. The summed E-state index contributed by atoms with van der Waals surface area (Å²) < 4.78 is 0. The van der Waals surface area contributed by atoms with E-state index in [4.69, 9.17) is 0 Å². The number of nitrogens with one attached hydrogen (secondary N) is 1. The molecule has 0 spiro atoms. The Balaban J connectivity index is 0.00000121. The van der Waals surface area contributed by atoms with Crippen molar-refractivity contribution in [2.24, 2.45) is 0 Å². The zero-order valence-electron chi connectivity index (χ0n) is 7.03. The molecule has 0 aliphatic carbocycles. The second-order valence-corrected chi connectivity index (χ2v) is 2.61. The largest absolute Gasteiger partial charge is 0.314 e. The van der Waals surface area contributed by atoms with Crippen LogP contribution in [0.5, 0.6) is 0 Å². The Kier molecular flexibility index (Phi) is 7.05.